The molecule has 3 N–H and O–H groups in total. The van der Waals surface area contributed by atoms with Gasteiger partial charge in [-0.05, 0) is 12.1 Å². The van der Waals surface area contributed by atoms with Crippen molar-refractivity contribution < 1.29 is 29.3 Å². The molecule has 3 unspecified atom stereocenters. The van der Waals surface area contributed by atoms with E-state index in [0.717, 1.165) is 6.92 Å². The topological polar surface area (TPSA) is 112 Å². The Hall–Kier alpha value is -1.65. The summed E-state index contributed by atoms with van der Waals surface area (Å²) in [5.74, 6) is -4.48. The lowest BCUT2D eigenvalue weighted by molar-refractivity contribution is -0.147. The molecule has 18 heavy (non-hydrogen) atoms. The molecule has 1 aromatic rings. The van der Waals surface area contributed by atoms with Crippen molar-refractivity contribution in [3.8, 4) is 0 Å². The maximum Gasteiger partial charge on any atom is 0.317 e. The summed E-state index contributed by atoms with van der Waals surface area (Å²) in [7, 11) is -4.30. The molecule has 0 spiro atoms. The van der Waals surface area contributed by atoms with E-state index in [2.05, 4.69) is 0 Å². The molecule has 0 aliphatic rings. The lowest BCUT2D eigenvalue weighted by atomic mass is 10.1. The molecule has 0 fully saturated rings. The summed E-state index contributed by atoms with van der Waals surface area (Å²) in [5.41, 5.74) is -1.86. The monoisotopic (exact) mass is 272 g/mol. The van der Waals surface area contributed by atoms with Gasteiger partial charge in [0.15, 0.2) is 5.66 Å². The summed E-state index contributed by atoms with van der Waals surface area (Å²) >= 11 is 0. The average molecular weight is 272 g/mol. The molecule has 0 aromatic heterocycles. The fourth-order valence-electron chi connectivity index (χ4n) is 1.60. The Labute approximate surface area is 103 Å². The summed E-state index contributed by atoms with van der Waals surface area (Å²) in [4.78, 5) is 31.8. The van der Waals surface area contributed by atoms with Gasteiger partial charge in [-0.15, -0.1) is 0 Å². The zero-order chi connectivity index (χ0) is 13.9. The first kappa shape index (κ1) is 14.4. The Morgan fingerprint density at radius 1 is 1.11 bits per heavy atom. The third kappa shape index (κ3) is 2.78. The van der Waals surface area contributed by atoms with Gasteiger partial charge in [0.05, 0.1) is 5.92 Å². The van der Waals surface area contributed by atoms with E-state index in [1.165, 1.54) is 24.3 Å². The number of hydrogen-bond donors (Lipinski definition) is 3. The number of aliphatic carboxylic acids is 2. The number of hydrogen-bond acceptors (Lipinski definition) is 3. The van der Waals surface area contributed by atoms with Crippen LogP contribution >= 0.6 is 7.37 Å². The van der Waals surface area contributed by atoms with E-state index in [-0.39, 0.29) is 5.30 Å². The van der Waals surface area contributed by atoms with Crippen LogP contribution in [0.1, 0.15) is 6.92 Å². The molecule has 0 aliphatic heterocycles. The van der Waals surface area contributed by atoms with E-state index in [4.69, 9.17) is 10.2 Å². The van der Waals surface area contributed by atoms with Crippen molar-refractivity contribution in [1.82, 2.24) is 0 Å². The molecule has 0 saturated heterocycles. The first-order valence-corrected chi connectivity index (χ1v) is 6.85. The van der Waals surface area contributed by atoms with E-state index in [1.807, 2.05) is 0 Å². The number of rotatable bonds is 5. The summed E-state index contributed by atoms with van der Waals surface area (Å²) < 4.78 is 12.2. The molecule has 0 aliphatic carbocycles. The lowest BCUT2D eigenvalue weighted by Gasteiger charge is -2.22. The molecule has 1 aromatic carbocycles. The van der Waals surface area contributed by atoms with E-state index in [9.17, 15) is 19.0 Å². The smallest absolute Gasteiger partial charge is 0.317 e. The Morgan fingerprint density at radius 3 is 2.00 bits per heavy atom. The van der Waals surface area contributed by atoms with Crippen LogP contribution in [-0.2, 0) is 14.2 Å². The Balaban J connectivity index is 3.26. The molecule has 3 atom stereocenters. The van der Waals surface area contributed by atoms with Gasteiger partial charge in [-0.1, -0.05) is 25.1 Å². The van der Waals surface area contributed by atoms with Crippen molar-refractivity contribution in [3.63, 3.8) is 0 Å². The molecule has 0 bridgehead atoms. The normalized spacial score (nSPS) is 17.4. The highest BCUT2D eigenvalue weighted by Crippen LogP contribution is 2.48. The zero-order valence-corrected chi connectivity index (χ0v) is 10.4. The number of carboxylic acid groups (broad SMARTS) is 2. The molecular weight excluding hydrogens is 259 g/mol. The molecule has 0 amide bonds. The molecule has 98 valence electrons. The molecule has 6 nitrogen and oxygen atoms in total. The van der Waals surface area contributed by atoms with Gasteiger partial charge >= 0.3 is 11.9 Å². The second-order valence-electron chi connectivity index (χ2n) is 3.87. The van der Waals surface area contributed by atoms with Crippen LogP contribution in [0.3, 0.4) is 0 Å². The van der Waals surface area contributed by atoms with Crippen molar-refractivity contribution in [2.75, 3.05) is 0 Å². The predicted octanol–water partition coefficient (Wildman–Crippen LogP) is 0.756. The van der Waals surface area contributed by atoms with E-state index in [1.54, 1.807) is 6.07 Å². The van der Waals surface area contributed by atoms with Crippen LogP contribution in [0.15, 0.2) is 30.3 Å². The zero-order valence-electron chi connectivity index (χ0n) is 9.56. The fraction of sp³-hybridized carbons (Fsp3) is 0.273. The van der Waals surface area contributed by atoms with Crippen LogP contribution in [0, 0.1) is 5.92 Å². The van der Waals surface area contributed by atoms with Crippen LogP contribution in [-0.4, -0.2) is 32.7 Å². The molecular formula is C11H13O6P. The third-order valence-electron chi connectivity index (χ3n) is 2.62. The molecule has 0 heterocycles. The summed E-state index contributed by atoms with van der Waals surface area (Å²) in [6.07, 6.45) is 0. The predicted molar refractivity (Wildman–Crippen MR) is 64.1 cm³/mol. The highest BCUT2D eigenvalue weighted by molar-refractivity contribution is 7.67. The van der Waals surface area contributed by atoms with Crippen LogP contribution in [0.4, 0.5) is 0 Å². The summed E-state index contributed by atoms with van der Waals surface area (Å²) in [5, 5.41) is 17.7. The maximum absolute atomic E-state index is 12.2. The van der Waals surface area contributed by atoms with Crippen molar-refractivity contribution in [1.29, 1.82) is 0 Å². The van der Waals surface area contributed by atoms with E-state index >= 15 is 0 Å². The van der Waals surface area contributed by atoms with Crippen LogP contribution in [0.2, 0.25) is 0 Å². The minimum Gasteiger partial charge on any atom is -0.481 e. The average Bonchev–Trinajstić information content (AvgIpc) is 2.29. The van der Waals surface area contributed by atoms with Gasteiger partial charge in [-0.2, -0.15) is 0 Å². The second kappa shape index (κ2) is 5.33. The third-order valence-corrected chi connectivity index (χ3v) is 5.08. The highest BCUT2D eigenvalue weighted by atomic mass is 31.2. The van der Waals surface area contributed by atoms with Crippen LogP contribution in [0.25, 0.3) is 0 Å². The first-order chi connectivity index (χ1) is 8.28. The van der Waals surface area contributed by atoms with Crippen molar-refractivity contribution in [2.24, 2.45) is 5.92 Å². The van der Waals surface area contributed by atoms with Gasteiger partial charge < -0.3 is 15.1 Å². The minimum absolute atomic E-state index is 0.0644. The quantitative estimate of drug-likeness (QED) is 0.682. The minimum atomic E-state index is -4.30. The molecule has 0 saturated carbocycles. The number of carboxylic acids is 2. The van der Waals surface area contributed by atoms with Gasteiger partial charge in [0.25, 0.3) is 0 Å². The standard InChI is InChI=1S/C11H13O6P/c1-7(10(12)13)9(11(14)15)18(16,17)8-5-3-2-4-6-8/h2-7,9H,1H3,(H,12,13)(H,14,15)(H,16,17). The summed E-state index contributed by atoms with van der Waals surface area (Å²) in [6.45, 7) is 1.10. The summed E-state index contributed by atoms with van der Waals surface area (Å²) in [6, 6.07) is 7.21. The van der Waals surface area contributed by atoms with E-state index < -0.39 is 30.9 Å². The lowest BCUT2D eigenvalue weighted by Crippen LogP contribution is -2.35. The first-order valence-electron chi connectivity index (χ1n) is 5.12. The highest BCUT2D eigenvalue weighted by Gasteiger charge is 2.45. The second-order valence-corrected chi connectivity index (χ2v) is 6.19. The molecule has 7 heteroatoms. The Kier molecular flexibility index (Phi) is 4.27. The largest absolute Gasteiger partial charge is 0.481 e. The van der Waals surface area contributed by atoms with Gasteiger partial charge in [-0.3, -0.25) is 14.2 Å². The Morgan fingerprint density at radius 2 is 1.61 bits per heavy atom. The Bertz CT molecular complexity index is 498. The molecule has 1 rings (SSSR count). The van der Waals surface area contributed by atoms with Crippen molar-refractivity contribution >= 4 is 24.6 Å². The van der Waals surface area contributed by atoms with Crippen molar-refractivity contribution in [2.45, 2.75) is 12.6 Å². The maximum atomic E-state index is 12.2. The SMILES string of the molecule is CC(C(=O)O)C(C(=O)O)P(=O)(O)c1ccccc1. The van der Waals surface area contributed by atoms with Gasteiger partial charge in [0, 0.05) is 5.30 Å². The number of carbonyl (C=O) groups is 2. The van der Waals surface area contributed by atoms with E-state index in [0.29, 0.717) is 0 Å². The number of benzene rings is 1. The van der Waals surface area contributed by atoms with Gasteiger partial charge in [0.1, 0.15) is 0 Å². The van der Waals surface area contributed by atoms with Crippen LogP contribution in [0.5, 0.6) is 0 Å². The van der Waals surface area contributed by atoms with Crippen LogP contribution < -0.4 is 5.30 Å². The fourth-order valence-corrected chi connectivity index (χ4v) is 3.56. The van der Waals surface area contributed by atoms with Gasteiger partial charge in [-0.25, -0.2) is 0 Å². The van der Waals surface area contributed by atoms with Gasteiger partial charge in [0.2, 0.25) is 7.37 Å². The molecule has 0 radical (unpaired) electrons. The van der Waals surface area contributed by atoms with Crippen molar-refractivity contribution in [3.05, 3.63) is 30.3 Å².